The Bertz CT molecular complexity index is 954. The Morgan fingerprint density at radius 3 is 2.72 bits per heavy atom. The summed E-state index contributed by atoms with van der Waals surface area (Å²) in [6.07, 6.45) is 5.06. The van der Waals surface area contributed by atoms with Crippen molar-refractivity contribution in [3.8, 4) is 0 Å². The number of rotatable bonds is 5. The molecule has 1 aromatic carbocycles. The predicted octanol–water partition coefficient (Wildman–Crippen LogP) is 2.88. The molecule has 2 aromatic rings. The molecule has 1 saturated heterocycles. The molecular formula is C23H33N5O. The second-order valence-electron chi connectivity index (χ2n) is 8.05. The van der Waals surface area contributed by atoms with Crippen LogP contribution in [0.1, 0.15) is 36.9 Å². The molecule has 6 nitrogen and oxygen atoms in total. The van der Waals surface area contributed by atoms with Gasteiger partial charge in [0.15, 0.2) is 0 Å². The van der Waals surface area contributed by atoms with Crippen molar-refractivity contribution in [2.24, 2.45) is 11.5 Å². The van der Waals surface area contributed by atoms with Gasteiger partial charge in [-0.1, -0.05) is 11.6 Å². The van der Waals surface area contributed by atoms with Crippen LogP contribution in [0.5, 0.6) is 0 Å². The molecule has 0 bridgehead atoms. The van der Waals surface area contributed by atoms with Crippen LogP contribution in [0.25, 0.3) is 10.9 Å². The van der Waals surface area contributed by atoms with E-state index < -0.39 is 0 Å². The van der Waals surface area contributed by atoms with E-state index in [4.69, 9.17) is 11.5 Å². The Balaban J connectivity index is 1.87. The number of amides is 1. The molecule has 1 unspecified atom stereocenters. The van der Waals surface area contributed by atoms with Crippen LogP contribution in [0.15, 0.2) is 47.9 Å². The van der Waals surface area contributed by atoms with Crippen molar-refractivity contribution in [2.75, 3.05) is 27.2 Å². The van der Waals surface area contributed by atoms with Crippen molar-refractivity contribution in [1.29, 1.82) is 0 Å². The van der Waals surface area contributed by atoms with Gasteiger partial charge in [-0.3, -0.25) is 4.79 Å². The number of aryl methyl sites for hydroxylation is 2. The highest BCUT2D eigenvalue weighted by Gasteiger charge is 2.28. The number of carbonyl (C=O) groups is 1. The van der Waals surface area contributed by atoms with Crippen LogP contribution >= 0.6 is 0 Å². The van der Waals surface area contributed by atoms with Crippen LogP contribution < -0.4 is 11.5 Å². The summed E-state index contributed by atoms with van der Waals surface area (Å²) < 4.78 is 2.39. The molecule has 1 atom stereocenters. The number of benzene rings is 1. The van der Waals surface area contributed by atoms with E-state index in [1.54, 1.807) is 11.0 Å². The number of piperidine rings is 1. The van der Waals surface area contributed by atoms with Crippen LogP contribution in [0.3, 0.4) is 0 Å². The Hall–Kier alpha value is -2.89. The second-order valence-corrected chi connectivity index (χ2v) is 8.05. The lowest BCUT2D eigenvalue weighted by Gasteiger charge is -2.33. The van der Waals surface area contributed by atoms with E-state index >= 15 is 0 Å². The number of aromatic nitrogens is 1. The maximum atomic E-state index is 13.1. The highest BCUT2D eigenvalue weighted by atomic mass is 16.2. The molecule has 1 amide bonds. The first-order chi connectivity index (χ1) is 13.8. The molecule has 0 aliphatic carbocycles. The van der Waals surface area contributed by atoms with Crippen molar-refractivity contribution in [3.05, 3.63) is 59.2 Å². The maximum absolute atomic E-state index is 13.1. The molecule has 29 heavy (non-hydrogen) atoms. The minimum absolute atomic E-state index is 0.0583. The Morgan fingerprint density at radius 2 is 2.07 bits per heavy atom. The third-order valence-electron chi connectivity index (χ3n) is 5.78. The number of carbonyl (C=O) groups excluding carboxylic acids is 1. The molecule has 1 aliphatic rings. The van der Waals surface area contributed by atoms with Gasteiger partial charge >= 0.3 is 0 Å². The third-order valence-corrected chi connectivity index (χ3v) is 5.78. The van der Waals surface area contributed by atoms with E-state index in [1.165, 1.54) is 28.4 Å². The summed E-state index contributed by atoms with van der Waals surface area (Å²) in [6, 6.07) is 8.90. The smallest absolute Gasteiger partial charge is 0.255 e. The van der Waals surface area contributed by atoms with E-state index in [0.29, 0.717) is 23.9 Å². The Labute approximate surface area is 173 Å². The second kappa shape index (κ2) is 8.64. The van der Waals surface area contributed by atoms with Gasteiger partial charge in [-0.2, -0.15) is 0 Å². The van der Waals surface area contributed by atoms with Gasteiger partial charge < -0.3 is 25.8 Å². The molecule has 3 rings (SSSR count). The first kappa shape index (κ1) is 20.8. The average Bonchev–Trinajstić information content (AvgIpc) is 3.08. The topological polar surface area (TPSA) is 80.5 Å². The summed E-state index contributed by atoms with van der Waals surface area (Å²) in [7, 11) is 3.68. The molecule has 156 valence electrons. The SMILES string of the molecule is CCn1c(C2CCCN(C(=O)C(=C/N)/C=C(\N)N(C)C)C2)cc2cc(C)ccc21. The number of nitrogens with two attached hydrogens (primary N) is 2. The molecule has 0 saturated carbocycles. The predicted molar refractivity (Wildman–Crippen MR) is 119 cm³/mol. The van der Waals surface area contributed by atoms with E-state index in [1.807, 2.05) is 19.0 Å². The van der Waals surface area contributed by atoms with Crippen LogP contribution in [0, 0.1) is 6.92 Å². The van der Waals surface area contributed by atoms with E-state index in [0.717, 1.165) is 25.9 Å². The fourth-order valence-electron chi connectivity index (χ4n) is 4.16. The van der Waals surface area contributed by atoms with Crippen LogP contribution in [0.2, 0.25) is 0 Å². The summed E-state index contributed by atoms with van der Waals surface area (Å²) >= 11 is 0. The van der Waals surface area contributed by atoms with Gasteiger partial charge in [0.25, 0.3) is 5.91 Å². The van der Waals surface area contributed by atoms with E-state index in [-0.39, 0.29) is 5.91 Å². The van der Waals surface area contributed by atoms with E-state index in [9.17, 15) is 4.79 Å². The van der Waals surface area contributed by atoms with Gasteiger partial charge in [0.05, 0.1) is 11.4 Å². The molecule has 0 radical (unpaired) electrons. The quantitative estimate of drug-likeness (QED) is 0.603. The fourth-order valence-corrected chi connectivity index (χ4v) is 4.16. The standard InChI is InChI=1S/C23H33N5O/c1-5-28-20-9-8-16(2)11-18(20)12-21(28)17-7-6-10-27(15-17)23(29)19(14-24)13-22(25)26(3)4/h8-9,11-14,17H,5-7,10,15,24-25H2,1-4H3/b19-14+,22-13+. The summed E-state index contributed by atoms with van der Waals surface area (Å²) in [6.45, 7) is 6.66. The molecule has 2 heterocycles. The Kier molecular flexibility index (Phi) is 6.20. The largest absolute Gasteiger partial charge is 0.404 e. The lowest BCUT2D eigenvalue weighted by atomic mass is 9.94. The zero-order chi connectivity index (χ0) is 21.1. The number of likely N-dealkylation sites (tertiary alicyclic amines) is 1. The van der Waals surface area contributed by atoms with Crippen molar-refractivity contribution < 1.29 is 4.79 Å². The van der Waals surface area contributed by atoms with Gasteiger partial charge in [0.2, 0.25) is 0 Å². The van der Waals surface area contributed by atoms with Gasteiger partial charge in [-0.25, -0.2) is 0 Å². The molecule has 0 spiro atoms. The zero-order valence-corrected chi connectivity index (χ0v) is 18.0. The fraction of sp³-hybridized carbons (Fsp3) is 0.435. The van der Waals surface area contributed by atoms with Crippen LogP contribution in [-0.4, -0.2) is 47.5 Å². The summed E-state index contributed by atoms with van der Waals surface area (Å²) in [5, 5.41) is 1.27. The number of fused-ring (bicyclic) bond motifs is 1. The zero-order valence-electron chi connectivity index (χ0n) is 18.0. The molecule has 1 aromatic heterocycles. The lowest BCUT2D eigenvalue weighted by Crippen LogP contribution is -2.40. The number of hydrogen-bond donors (Lipinski definition) is 2. The molecule has 1 aliphatic heterocycles. The number of hydrogen-bond acceptors (Lipinski definition) is 4. The van der Waals surface area contributed by atoms with E-state index in [2.05, 4.69) is 42.7 Å². The van der Waals surface area contributed by atoms with Gasteiger partial charge in [0.1, 0.15) is 0 Å². The molecule has 1 fully saturated rings. The summed E-state index contributed by atoms with van der Waals surface area (Å²) in [4.78, 5) is 16.8. The van der Waals surface area contributed by atoms with Gasteiger partial charge in [-0.05, 0) is 51.0 Å². The maximum Gasteiger partial charge on any atom is 0.255 e. The monoisotopic (exact) mass is 395 g/mol. The minimum atomic E-state index is -0.0583. The minimum Gasteiger partial charge on any atom is -0.404 e. The van der Waals surface area contributed by atoms with Crippen molar-refractivity contribution in [3.63, 3.8) is 0 Å². The Morgan fingerprint density at radius 1 is 1.31 bits per heavy atom. The third kappa shape index (κ3) is 4.26. The van der Waals surface area contributed by atoms with Crippen molar-refractivity contribution >= 4 is 16.8 Å². The van der Waals surface area contributed by atoms with Crippen LogP contribution in [0.4, 0.5) is 0 Å². The molecule has 4 N–H and O–H groups in total. The summed E-state index contributed by atoms with van der Waals surface area (Å²) in [5.74, 6) is 0.761. The van der Waals surface area contributed by atoms with Gasteiger partial charge in [0, 0.05) is 62.4 Å². The van der Waals surface area contributed by atoms with Gasteiger partial charge in [-0.15, -0.1) is 0 Å². The highest BCUT2D eigenvalue weighted by Crippen LogP contribution is 2.32. The molecule has 6 heteroatoms. The highest BCUT2D eigenvalue weighted by molar-refractivity contribution is 5.96. The lowest BCUT2D eigenvalue weighted by molar-refractivity contribution is -0.128. The van der Waals surface area contributed by atoms with Crippen LogP contribution in [-0.2, 0) is 11.3 Å². The van der Waals surface area contributed by atoms with Crippen molar-refractivity contribution in [2.45, 2.75) is 39.2 Å². The number of nitrogens with zero attached hydrogens (tertiary/aromatic N) is 3. The van der Waals surface area contributed by atoms with Crippen molar-refractivity contribution in [1.82, 2.24) is 14.4 Å². The average molecular weight is 396 g/mol. The normalized spacial score (nSPS) is 18.3. The first-order valence-corrected chi connectivity index (χ1v) is 10.3. The summed E-state index contributed by atoms with van der Waals surface area (Å²) in [5.41, 5.74) is 16.0. The first-order valence-electron chi connectivity index (χ1n) is 10.3. The molecular weight excluding hydrogens is 362 g/mol.